The first-order valence-electron chi connectivity index (χ1n) is 11.2. The van der Waals surface area contributed by atoms with E-state index in [2.05, 4.69) is 32.6 Å². The normalized spacial score (nSPS) is 19.2. The van der Waals surface area contributed by atoms with E-state index in [4.69, 9.17) is 10.6 Å². The van der Waals surface area contributed by atoms with Gasteiger partial charge in [0.1, 0.15) is 6.10 Å². The largest absolute Gasteiger partial charge is 0.705 e. The van der Waals surface area contributed by atoms with Crippen LogP contribution in [-0.2, 0) is 17.7 Å². The lowest BCUT2D eigenvalue weighted by atomic mass is 9.95. The third kappa shape index (κ3) is 5.25. The second kappa shape index (κ2) is 10.3. The van der Waals surface area contributed by atoms with E-state index in [1.54, 1.807) is 0 Å². The van der Waals surface area contributed by atoms with Crippen molar-refractivity contribution in [3.8, 4) is 0 Å². The summed E-state index contributed by atoms with van der Waals surface area (Å²) in [6.07, 6.45) is 5.62. The molecule has 1 fully saturated rings. The minimum Gasteiger partial charge on any atom is -0.705 e. The van der Waals surface area contributed by atoms with Gasteiger partial charge in [-0.25, -0.2) is 4.79 Å². The summed E-state index contributed by atoms with van der Waals surface area (Å²) in [5, 5.41) is 9.78. The fourth-order valence-corrected chi connectivity index (χ4v) is 4.63. The maximum atomic E-state index is 12.6. The molecule has 1 atom stereocenters. The molecule has 168 valence electrons. The molecule has 1 aliphatic heterocycles. The predicted molar refractivity (Wildman–Crippen MR) is 124 cm³/mol. The van der Waals surface area contributed by atoms with Gasteiger partial charge in [-0.15, -0.1) is 0 Å². The van der Waals surface area contributed by atoms with Gasteiger partial charge in [0.05, 0.1) is 6.04 Å². The predicted octanol–water partition coefficient (Wildman–Crippen LogP) is 4.32. The Bertz CT molecular complexity index is 972. The number of hydrogen-bond donors (Lipinski definition) is 2. The van der Waals surface area contributed by atoms with Crippen LogP contribution in [0.5, 0.6) is 0 Å². The number of amides is 1. The lowest BCUT2D eigenvalue weighted by Crippen LogP contribution is -2.48. The molecule has 0 bridgehead atoms. The zero-order chi connectivity index (χ0) is 22.3. The SMILES string of the molecule is [N-]=N/C(=N\N)c1ccc2c(c1)CC(NC(=O)OC1CCCCC1)CN2Cc1ccccc1. The monoisotopic (exact) mass is 433 g/mol. The Morgan fingerprint density at radius 2 is 1.94 bits per heavy atom. The minimum absolute atomic E-state index is 0.0149. The zero-order valence-electron chi connectivity index (χ0n) is 18.1. The molecule has 0 aromatic heterocycles. The van der Waals surface area contributed by atoms with Crippen LogP contribution < -0.4 is 16.1 Å². The van der Waals surface area contributed by atoms with Crippen molar-refractivity contribution in [2.24, 2.45) is 16.1 Å². The fourth-order valence-electron chi connectivity index (χ4n) is 4.63. The summed E-state index contributed by atoms with van der Waals surface area (Å²) in [6, 6.07) is 15.9. The molecule has 2 aromatic rings. The van der Waals surface area contributed by atoms with Crippen molar-refractivity contribution in [2.75, 3.05) is 11.4 Å². The second-order valence-corrected chi connectivity index (χ2v) is 8.47. The highest BCUT2D eigenvalue weighted by Crippen LogP contribution is 2.30. The fraction of sp³-hybridized carbons (Fsp3) is 0.417. The van der Waals surface area contributed by atoms with Gasteiger partial charge in [-0.1, -0.05) is 36.8 Å². The van der Waals surface area contributed by atoms with Crippen molar-refractivity contribution < 1.29 is 9.53 Å². The molecule has 2 aromatic carbocycles. The summed E-state index contributed by atoms with van der Waals surface area (Å²) in [5.41, 5.74) is 13.1. The topological polar surface area (TPSA) is 115 Å². The zero-order valence-corrected chi connectivity index (χ0v) is 18.1. The maximum Gasteiger partial charge on any atom is 0.407 e. The number of fused-ring (bicyclic) bond motifs is 1. The number of carbonyl (C=O) groups is 1. The van der Waals surface area contributed by atoms with Crippen LogP contribution in [0.25, 0.3) is 5.53 Å². The Morgan fingerprint density at radius 1 is 1.16 bits per heavy atom. The first kappa shape index (κ1) is 21.8. The molecule has 4 rings (SSSR count). The van der Waals surface area contributed by atoms with E-state index in [1.165, 1.54) is 12.0 Å². The van der Waals surface area contributed by atoms with Crippen LogP contribution in [0.15, 0.2) is 58.7 Å². The highest BCUT2D eigenvalue weighted by molar-refractivity contribution is 5.99. The number of rotatable bonds is 5. The molecule has 3 N–H and O–H groups in total. The number of nitrogens with one attached hydrogen (secondary N) is 1. The Labute approximate surface area is 188 Å². The first-order valence-corrected chi connectivity index (χ1v) is 11.2. The number of nitrogens with two attached hydrogens (primary N) is 1. The second-order valence-electron chi connectivity index (χ2n) is 8.47. The lowest BCUT2D eigenvalue weighted by molar-refractivity contribution is 0.0729. The molecule has 1 aliphatic carbocycles. The van der Waals surface area contributed by atoms with Gasteiger partial charge >= 0.3 is 6.09 Å². The quantitative estimate of drug-likeness (QED) is 0.240. The van der Waals surface area contributed by atoms with Gasteiger partial charge in [0, 0.05) is 24.3 Å². The maximum absolute atomic E-state index is 12.6. The summed E-state index contributed by atoms with van der Waals surface area (Å²) in [7, 11) is 0. The molecule has 1 heterocycles. The number of anilines is 1. The molecule has 0 spiro atoms. The van der Waals surface area contributed by atoms with E-state index in [-0.39, 0.29) is 24.1 Å². The highest BCUT2D eigenvalue weighted by atomic mass is 16.6. The highest BCUT2D eigenvalue weighted by Gasteiger charge is 2.28. The summed E-state index contributed by atoms with van der Waals surface area (Å²) >= 11 is 0. The smallest absolute Gasteiger partial charge is 0.407 e. The van der Waals surface area contributed by atoms with Crippen molar-refractivity contribution >= 4 is 17.6 Å². The summed E-state index contributed by atoms with van der Waals surface area (Å²) in [5.74, 6) is 5.42. The van der Waals surface area contributed by atoms with E-state index in [0.29, 0.717) is 25.1 Å². The summed E-state index contributed by atoms with van der Waals surface area (Å²) in [4.78, 5) is 14.8. The Morgan fingerprint density at radius 3 is 2.66 bits per heavy atom. The van der Waals surface area contributed by atoms with E-state index in [9.17, 15) is 10.3 Å². The number of benzene rings is 2. The minimum atomic E-state index is -0.351. The van der Waals surface area contributed by atoms with Crippen LogP contribution in [0.4, 0.5) is 10.5 Å². The molecule has 8 heteroatoms. The Balaban J connectivity index is 1.54. The van der Waals surface area contributed by atoms with Crippen LogP contribution in [-0.4, -0.2) is 30.6 Å². The number of alkyl carbamates (subject to hydrolysis) is 1. The van der Waals surface area contributed by atoms with Gasteiger partial charge < -0.3 is 31.4 Å². The van der Waals surface area contributed by atoms with Crippen molar-refractivity contribution in [1.82, 2.24) is 5.32 Å². The van der Waals surface area contributed by atoms with Gasteiger partial charge in [-0.3, -0.25) is 0 Å². The van der Waals surface area contributed by atoms with E-state index in [0.717, 1.165) is 36.9 Å². The van der Waals surface area contributed by atoms with Gasteiger partial charge in [0.15, 0.2) is 5.84 Å². The van der Waals surface area contributed by atoms with E-state index >= 15 is 0 Å². The molecular formula is C24H29N6O2-. The van der Waals surface area contributed by atoms with Crippen LogP contribution in [0, 0.1) is 0 Å². The Hall–Kier alpha value is -3.42. The number of carbonyl (C=O) groups excluding carboxylic acids is 1. The summed E-state index contributed by atoms with van der Waals surface area (Å²) in [6.45, 7) is 1.38. The molecular weight excluding hydrogens is 404 g/mol. The van der Waals surface area contributed by atoms with Crippen molar-refractivity contribution in [3.05, 3.63) is 70.8 Å². The van der Waals surface area contributed by atoms with Crippen LogP contribution in [0.1, 0.15) is 48.8 Å². The molecule has 0 radical (unpaired) electrons. The van der Waals surface area contributed by atoms with Crippen molar-refractivity contribution in [1.29, 1.82) is 0 Å². The first-order chi connectivity index (χ1) is 15.7. The van der Waals surface area contributed by atoms with Crippen molar-refractivity contribution in [3.63, 3.8) is 0 Å². The molecule has 1 amide bonds. The average Bonchev–Trinajstić information content (AvgIpc) is 2.81. The number of nitrogens with zero attached hydrogens (tertiary/aromatic N) is 4. The number of ether oxygens (including phenoxy) is 1. The number of amidine groups is 1. The van der Waals surface area contributed by atoms with E-state index in [1.807, 2.05) is 36.4 Å². The van der Waals surface area contributed by atoms with Crippen LogP contribution in [0.3, 0.4) is 0 Å². The molecule has 8 nitrogen and oxygen atoms in total. The summed E-state index contributed by atoms with van der Waals surface area (Å²) < 4.78 is 5.68. The molecule has 0 saturated heterocycles. The molecule has 1 saturated carbocycles. The van der Waals surface area contributed by atoms with Gasteiger partial charge in [0.25, 0.3) is 0 Å². The number of hydrazone groups is 1. The molecule has 1 unspecified atom stereocenters. The number of hydrogen-bond acceptors (Lipinski definition) is 5. The van der Waals surface area contributed by atoms with Crippen LogP contribution in [0.2, 0.25) is 0 Å². The molecule has 2 aliphatic rings. The standard InChI is InChI=1S/C24H29N6O2/c25-28-23(29-26)18-11-12-22-19(13-18)14-20(16-30(22)15-17-7-3-1-4-8-17)27-24(31)32-21-9-5-2-6-10-21/h1,3-4,7-8,11-13,20-21H,2,5-6,9-10,14-16,25H2,(H,27,31)/q-1/b28-23-. The van der Waals surface area contributed by atoms with E-state index < -0.39 is 0 Å². The van der Waals surface area contributed by atoms with Gasteiger partial charge in [-0.05, 0) is 61.4 Å². The third-order valence-electron chi connectivity index (χ3n) is 6.17. The average molecular weight is 434 g/mol. The molecule has 32 heavy (non-hydrogen) atoms. The van der Waals surface area contributed by atoms with Gasteiger partial charge in [-0.2, -0.15) is 5.10 Å². The Kier molecular flexibility index (Phi) is 6.99. The third-order valence-corrected chi connectivity index (χ3v) is 6.17. The van der Waals surface area contributed by atoms with Gasteiger partial charge in [0.2, 0.25) is 0 Å². The lowest BCUT2D eigenvalue weighted by Gasteiger charge is -2.37. The van der Waals surface area contributed by atoms with Crippen molar-refractivity contribution in [2.45, 2.75) is 57.2 Å². The van der Waals surface area contributed by atoms with Crippen LogP contribution >= 0.6 is 0 Å².